The van der Waals surface area contributed by atoms with Crippen molar-refractivity contribution >= 4 is 45.9 Å². The number of nitrogens with one attached hydrogen (secondary N) is 2. The Labute approximate surface area is 158 Å². The lowest BCUT2D eigenvalue weighted by Gasteiger charge is -2.11. The van der Waals surface area contributed by atoms with Crippen LogP contribution in [-0.4, -0.2) is 38.8 Å². The van der Waals surface area contributed by atoms with Crippen LogP contribution in [0.1, 0.15) is 31.2 Å². The van der Waals surface area contributed by atoms with Gasteiger partial charge in [-0.1, -0.05) is 28.1 Å². The molecule has 0 radical (unpaired) electrons. The molecule has 1 aliphatic rings. The highest BCUT2D eigenvalue weighted by Crippen LogP contribution is 2.40. The number of aliphatic imine (C=N–C) groups is 1. The molecule has 1 aromatic rings. The molecule has 2 unspecified atom stereocenters. The maximum absolute atomic E-state index is 5.05. The van der Waals surface area contributed by atoms with E-state index < -0.39 is 0 Å². The summed E-state index contributed by atoms with van der Waals surface area (Å²) in [5.41, 5.74) is 1.39. The fraction of sp³-hybridized carbons (Fsp3) is 0.562. The molecular formula is C16H25BrIN3O. The summed E-state index contributed by atoms with van der Waals surface area (Å²) < 4.78 is 6.18. The number of ether oxygens (including phenoxy) is 1. The van der Waals surface area contributed by atoms with E-state index in [2.05, 4.69) is 62.7 Å². The summed E-state index contributed by atoms with van der Waals surface area (Å²) in [6, 6.07) is 9.09. The molecule has 6 heteroatoms. The van der Waals surface area contributed by atoms with Gasteiger partial charge in [-0.15, -0.1) is 24.0 Å². The minimum Gasteiger partial charge on any atom is -0.385 e. The van der Waals surface area contributed by atoms with E-state index >= 15 is 0 Å². The average Bonchev–Trinajstić information content (AvgIpc) is 3.24. The van der Waals surface area contributed by atoms with Crippen LogP contribution in [0, 0.1) is 0 Å². The standard InChI is InChI=1S/C16H24BrN3O.HI/c1-3-18-16(19-9-4-10-21-2)20-15-11-14(15)12-5-7-13(17)8-6-12;/h5-8,14-15H,3-4,9-11H2,1-2H3,(H2,18,19,20);1H. The fourth-order valence-electron chi connectivity index (χ4n) is 2.33. The third kappa shape index (κ3) is 6.42. The molecule has 0 heterocycles. The predicted molar refractivity (Wildman–Crippen MR) is 106 cm³/mol. The van der Waals surface area contributed by atoms with Crippen molar-refractivity contribution in [3.63, 3.8) is 0 Å². The van der Waals surface area contributed by atoms with Gasteiger partial charge in [0, 0.05) is 43.2 Å². The second kappa shape index (κ2) is 10.4. The van der Waals surface area contributed by atoms with Gasteiger partial charge in [0.25, 0.3) is 0 Å². The van der Waals surface area contributed by atoms with E-state index in [4.69, 9.17) is 4.74 Å². The van der Waals surface area contributed by atoms with Crippen LogP contribution in [0.3, 0.4) is 0 Å². The van der Waals surface area contributed by atoms with Crippen LogP contribution in [0.2, 0.25) is 0 Å². The molecule has 0 aliphatic heterocycles. The number of hydrogen-bond acceptors (Lipinski definition) is 2. The molecule has 1 aromatic carbocycles. The van der Waals surface area contributed by atoms with Crippen molar-refractivity contribution in [2.75, 3.05) is 26.8 Å². The van der Waals surface area contributed by atoms with Crippen molar-refractivity contribution in [1.29, 1.82) is 0 Å². The molecular weight excluding hydrogens is 457 g/mol. The third-order valence-corrected chi connectivity index (χ3v) is 4.06. The second-order valence-electron chi connectivity index (χ2n) is 5.25. The third-order valence-electron chi connectivity index (χ3n) is 3.53. The summed E-state index contributed by atoms with van der Waals surface area (Å²) in [7, 11) is 1.72. The van der Waals surface area contributed by atoms with Gasteiger partial charge in [-0.2, -0.15) is 0 Å². The second-order valence-corrected chi connectivity index (χ2v) is 6.17. The summed E-state index contributed by atoms with van der Waals surface area (Å²) in [6.07, 6.45) is 2.12. The van der Waals surface area contributed by atoms with Crippen LogP contribution >= 0.6 is 39.9 Å². The van der Waals surface area contributed by atoms with Gasteiger partial charge in [0.15, 0.2) is 5.96 Å². The summed E-state index contributed by atoms with van der Waals surface area (Å²) in [5, 5.41) is 6.82. The summed E-state index contributed by atoms with van der Waals surface area (Å²) >= 11 is 3.48. The minimum absolute atomic E-state index is 0. The molecule has 2 N–H and O–H groups in total. The molecule has 1 aliphatic carbocycles. The number of rotatable bonds is 7. The first kappa shape index (κ1) is 19.7. The first-order valence-corrected chi connectivity index (χ1v) is 8.33. The van der Waals surface area contributed by atoms with Gasteiger partial charge in [-0.25, -0.2) is 0 Å². The number of methoxy groups -OCH3 is 1. The van der Waals surface area contributed by atoms with Gasteiger partial charge in [-0.05, 0) is 37.5 Å². The van der Waals surface area contributed by atoms with E-state index in [1.165, 1.54) is 12.0 Å². The van der Waals surface area contributed by atoms with E-state index in [9.17, 15) is 0 Å². The first-order valence-electron chi connectivity index (χ1n) is 7.53. The molecule has 22 heavy (non-hydrogen) atoms. The Kier molecular flexibility index (Phi) is 9.35. The van der Waals surface area contributed by atoms with Crippen LogP contribution in [0.4, 0.5) is 0 Å². The van der Waals surface area contributed by atoms with Crippen molar-refractivity contribution in [1.82, 2.24) is 10.6 Å². The lowest BCUT2D eigenvalue weighted by Crippen LogP contribution is -2.39. The van der Waals surface area contributed by atoms with Gasteiger partial charge in [0.2, 0.25) is 0 Å². The normalized spacial score (nSPS) is 20.2. The van der Waals surface area contributed by atoms with Gasteiger partial charge < -0.3 is 15.4 Å². The highest BCUT2D eigenvalue weighted by atomic mass is 127. The first-order chi connectivity index (χ1) is 10.2. The quantitative estimate of drug-likeness (QED) is 0.271. The highest BCUT2D eigenvalue weighted by molar-refractivity contribution is 14.0. The molecule has 0 bridgehead atoms. The van der Waals surface area contributed by atoms with E-state index in [0.29, 0.717) is 12.0 Å². The molecule has 1 saturated carbocycles. The molecule has 0 saturated heterocycles. The van der Waals surface area contributed by atoms with Crippen LogP contribution in [0.5, 0.6) is 0 Å². The van der Waals surface area contributed by atoms with Crippen molar-refractivity contribution in [3.05, 3.63) is 34.3 Å². The molecule has 4 nitrogen and oxygen atoms in total. The predicted octanol–water partition coefficient (Wildman–Crippen LogP) is 3.51. The smallest absolute Gasteiger partial charge is 0.191 e. The van der Waals surface area contributed by atoms with Crippen LogP contribution < -0.4 is 10.6 Å². The molecule has 124 valence electrons. The number of guanidine groups is 1. The monoisotopic (exact) mass is 481 g/mol. The van der Waals surface area contributed by atoms with Crippen molar-refractivity contribution < 1.29 is 4.74 Å². The topological polar surface area (TPSA) is 45.7 Å². The van der Waals surface area contributed by atoms with Crippen molar-refractivity contribution in [2.24, 2.45) is 4.99 Å². The van der Waals surface area contributed by atoms with E-state index in [0.717, 1.165) is 36.5 Å². The number of nitrogens with zero attached hydrogens (tertiary/aromatic N) is 1. The molecule has 2 rings (SSSR count). The Balaban J connectivity index is 0.00000242. The summed E-state index contributed by atoms with van der Waals surface area (Å²) in [6.45, 7) is 4.52. The molecule has 0 aromatic heterocycles. The Morgan fingerprint density at radius 1 is 1.36 bits per heavy atom. The zero-order valence-electron chi connectivity index (χ0n) is 13.1. The Morgan fingerprint density at radius 3 is 2.73 bits per heavy atom. The Morgan fingerprint density at radius 2 is 2.09 bits per heavy atom. The SMILES string of the molecule is CCNC(=NCCCOC)NC1CC1c1ccc(Br)cc1.I. The largest absolute Gasteiger partial charge is 0.385 e. The number of halogens is 2. The van der Waals surface area contributed by atoms with E-state index in [-0.39, 0.29) is 24.0 Å². The van der Waals surface area contributed by atoms with Crippen LogP contribution in [0.15, 0.2) is 33.7 Å². The van der Waals surface area contributed by atoms with Gasteiger partial charge >= 0.3 is 0 Å². The summed E-state index contributed by atoms with van der Waals surface area (Å²) in [5.74, 6) is 1.51. The lowest BCUT2D eigenvalue weighted by atomic mass is 10.1. The zero-order valence-corrected chi connectivity index (χ0v) is 17.1. The van der Waals surface area contributed by atoms with Crippen molar-refractivity contribution in [2.45, 2.75) is 31.7 Å². The minimum atomic E-state index is 0. The maximum Gasteiger partial charge on any atom is 0.191 e. The average molecular weight is 482 g/mol. The maximum atomic E-state index is 5.05. The Hall–Kier alpha value is -0.340. The van der Waals surface area contributed by atoms with Crippen LogP contribution in [0.25, 0.3) is 0 Å². The van der Waals surface area contributed by atoms with Crippen molar-refractivity contribution in [3.8, 4) is 0 Å². The molecule has 2 atom stereocenters. The highest BCUT2D eigenvalue weighted by Gasteiger charge is 2.38. The fourth-order valence-corrected chi connectivity index (χ4v) is 2.59. The van der Waals surface area contributed by atoms with Crippen LogP contribution in [-0.2, 0) is 4.74 Å². The Bertz CT molecular complexity index is 467. The van der Waals surface area contributed by atoms with Gasteiger partial charge in [-0.3, -0.25) is 4.99 Å². The zero-order chi connectivity index (χ0) is 15.1. The molecule has 0 amide bonds. The number of hydrogen-bond donors (Lipinski definition) is 2. The number of benzene rings is 1. The van der Waals surface area contributed by atoms with E-state index in [1.807, 2.05) is 0 Å². The molecule has 0 spiro atoms. The molecule has 1 fully saturated rings. The lowest BCUT2D eigenvalue weighted by molar-refractivity contribution is 0.197. The van der Waals surface area contributed by atoms with Gasteiger partial charge in [0.1, 0.15) is 0 Å². The van der Waals surface area contributed by atoms with Gasteiger partial charge in [0.05, 0.1) is 0 Å². The van der Waals surface area contributed by atoms with E-state index in [1.54, 1.807) is 7.11 Å². The summed E-state index contributed by atoms with van der Waals surface area (Å²) in [4.78, 5) is 4.58.